The number of aryl methyl sites for hydroxylation is 2. The fourth-order valence-corrected chi connectivity index (χ4v) is 3.15. The van der Waals surface area contributed by atoms with Crippen molar-refractivity contribution >= 4 is 11.5 Å². The summed E-state index contributed by atoms with van der Waals surface area (Å²) in [6.45, 7) is 6.23. The predicted molar refractivity (Wildman–Crippen MR) is 87.5 cm³/mol. The van der Waals surface area contributed by atoms with Crippen LogP contribution >= 0.6 is 0 Å². The summed E-state index contributed by atoms with van der Waals surface area (Å²) in [5, 5.41) is 8.21. The van der Waals surface area contributed by atoms with Crippen LogP contribution in [0.3, 0.4) is 0 Å². The van der Waals surface area contributed by atoms with Crippen LogP contribution < -0.4 is 11.1 Å². The minimum Gasteiger partial charge on any atom is -0.394 e. The Bertz CT molecular complexity index is 642. The Balaban J connectivity index is 1.95. The Morgan fingerprint density at radius 3 is 2.86 bits per heavy atom. The van der Waals surface area contributed by atoms with Gasteiger partial charge in [-0.1, -0.05) is 24.3 Å². The van der Waals surface area contributed by atoms with Gasteiger partial charge >= 0.3 is 0 Å². The van der Waals surface area contributed by atoms with E-state index in [1.54, 1.807) is 0 Å². The van der Waals surface area contributed by atoms with E-state index in [1.165, 1.54) is 24.0 Å². The average Bonchev–Trinajstić information content (AvgIpc) is 2.76. The first-order valence-corrected chi connectivity index (χ1v) is 7.77. The molecule has 0 aliphatic heterocycles. The summed E-state index contributed by atoms with van der Waals surface area (Å²) in [4.78, 5) is 0. The number of nitrogen functional groups attached to an aromatic ring is 1. The van der Waals surface area contributed by atoms with Crippen molar-refractivity contribution in [3.05, 3.63) is 41.1 Å². The number of anilines is 2. The first kappa shape index (κ1) is 14.0. The molecule has 0 fully saturated rings. The largest absolute Gasteiger partial charge is 0.394 e. The average molecular weight is 284 g/mol. The van der Waals surface area contributed by atoms with Crippen LogP contribution in [0.25, 0.3) is 0 Å². The zero-order valence-electron chi connectivity index (χ0n) is 13.1. The van der Waals surface area contributed by atoms with Gasteiger partial charge in [0, 0.05) is 6.04 Å². The minimum absolute atomic E-state index is 0.294. The molecule has 112 valence electrons. The monoisotopic (exact) mass is 284 g/mol. The van der Waals surface area contributed by atoms with E-state index in [1.807, 2.05) is 11.6 Å². The zero-order valence-corrected chi connectivity index (χ0v) is 13.1. The lowest BCUT2D eigenvalue weighted by atomic mass is 9.88. The van der Waals surface area contributed by atoms with Crippen molar-refractivity contribution in [3.8, 4) is 0 Å². The van der Waals surface area contributed by atoms with E-state index >= 15 is 0 Å². The van der Waals surface area contributed by atoms with Crippen molar-refractivity contribution in [3.63, 3.8) is 0 Å². The maximum Gasteiger partial charge on any atom is 0.148 e. The summed E-state index contributed by atoms with van der Waals surface area (Å²) >= 11 is 0. The second-order valence-corrected chi connectivity index (χ2v) is 6.17. The molecule has 1 aliphatic rings. The topological polar surface area (TPSA) is 55.9 Å². The maximum atomic E-state index is 6.23. The van der Waals surface area contributed by atoms with Crippen LogP contribution in [-0.4, -0.2) is 9.78 Å². The number of aromatic nitrogens is 2. The Hall–Kier alpha value is -1.97. The van der Waals surface area contributed by atoms with Crippen molar-refractivity contribution in [2.45, 2.75) is 52.1 Å². The van der Waals surface area contributed by atoms with Gasteiger partial charge in [-0.2, -0.15) is 5.10 Å². The molecule has 1 aromatic heterocycles. The van der Waals surface area contributed by atoms with E-state index in [0.29, 0.717) is 12.1 Å². The van der Waals surface area contributed by atoms with E-state index in [9.17, 15) is 0 Å². The fraction of sp³-hybridized carbons (Fsp3) is 0.471. The van der Waals surface area contributed by atoms with Gasteiger partial charge in [0.1, 0.15) is 5.82 Å². The molecule has 2 aromatic rings. The molecule has 1 aromatic carbocycles. The molecule has 1 aliphatic carbocycles. The summed E-state index contributed by atoms with van der Waals surface area (Å²) in [5.74, 6) is 0.962. The molecule has 0 radical (unpaired) electrons. The number of hydrogen-bond donors (Lipinski definition) is 2. The van der Waals surface area contributed by atoms with Gasteiger partial charge in [-0.05, 0) is 51.2 Å². The van der Waals surface area contributed by atoms with Crippen molar-refractivity contribution < 1.29 is 0 Å². The molecule has 0 spiro atoms. The number of hydrogen-bond acceptors (Lipinski definition) is 3. The van der Waals surface area contributed by atoms with Crippen LogP contribution in [0.4, 0.5) is 11.5 Å². The molecule has 0 amide bonds. The maximum absolute atomic E-state index is 6.23. The number of rotatable bonds is 3. The van der Waals surface area contributed by atoms with Crippen molar-refractivity contribution in [1.82, 2.24) is 9.78 Å². The molecule has 0 saturated heterocycles. The van der Waals surface area contributed by atoms with Crippen molar-refractivity contribution in [1.29, 1.82) is 0 Å². The number of nitrogens with one attached hydrogen (secondary N) is 1. The van der Waals surface area contributed by atoms with Crippen LogP contribution in [0.15, 0.2) is 24.3 Å². The van der Waals surface area contributed by atoms with Gasteiger partial charge in [0.25, 0.3) is 0 Å². The van der Waals surface area contributed by atoms with Gasteiger partial charge in [0.2, 0.25) is 0 Å². The zero-order chi connectivity index (χ0) is 15.0. The Morgan fingerprint density at radius 2 is 2.10 bits per heavy atom. The molecule has 1 unspecified atom stereocenters. The van der Waals surface area contributed by atoms with Crippen LogP contribution in [0.1, 0.15) is 55.6 Å². The quantitative estimate of drug-likeness (QED) is 0.900. The SMILES string of the molecule is Cc1nn(C(C)C)c(NC2CCCc3ccccc32)c1N. The molecule has 3 rings (SSSR count). The van der Waals surface area contributed by atoms with E-state index in [0.717, 1.165) is 23.6 Å². The first-order valence-electron chi connectivity index (χ1n) is 7.77. The highest BCUT2D eigenvalue weighted by atomic mass is 15.4. The summed E-state index contributed by atoms with van der Waals surface area (Å²) < 4.78 is 2.00. The first-order chi connectivity index (χ1) is 10.1. The Kier molecular flexibility index (Phi) is 3.62. The molecule has 4 nitrogen and oxygen atoms in total. The van der Waals surface area contributed by atoms with E-state index in [-0.39, 0.29) is 0 Å². The third-order valence-corrected chi connectivity index (χ3v) is 4.30. The number of benzene rings is 1. The van der Waals surface area contributed by atoms with Gasteiger partial charge in [0.05, 0.1) is 17.4 Å². The molecule has 4 heteroatoms. The molecule has 21 heavy (non-hydrogen) atoms. The lowest BCUT2D eigenvalue weighted by molar-refractivity contribution is 0.523. The highest BCUT2D eigenvalue weighted by molar-refractivity contribution is 5.65. The number of nitrogens with zero attached hydrogens (tertiary/aromatic N) is 2. The fourth-order valence-electron chi connectivity index (χ4n) is 3.15. The van der Waals surface area contributed by atoms with E-state index in [2.05, 4.69) is 48.5 Å². The van der Waals surface area contributed by atoms with Crippen LogP contribution in [0, 0.1) is 6.92 Å². The van der Waals surface area contributed by atoms with Gasteiger partial charge in [-0.3, -0.25) is 0 Å². The second-order valence-electron chi connectivity index (χ2n) is 6.17. The van der Waals surface area contributed by atoms with Gasteiger partial charge in [0.15, 0.2) is 0 Å². The summed E-state index contributed by atoms with van der Waals surface area (Å²) in [6.07, 6.45) is 3.52. The lowest BCUT2D eigenvalue weighted by Gasteiger charge is -2.28. The predicted octanol–water partition coefficient (Wildman–Crippen LogP) is 3.84. The van der Waals surface area contributed by atoms with Gasteiger partial charge < -0.3 is 11.1 Å². The number of fused-ring (bicyclic) bond motifs is 1. The molecule has 0 saturated carbocycles. The smallest absolute Gasteiger partial charge is 0.148 e. The standard InChI is InChI=1S/C17H24N4/c1-11(2)21-17(16(18)12(3)20-21)19-15-10-6-8-13-7-4-5-9-14(13)15/h4-5,7,9,11,15,19H,6,8,10,18H2,1-3H3. The third kappa shape index (κ3) is 2.50. The van der Waals surface area contributed by atoms with Crippen LogP contribution in [0.2, 0.25) is 0 Å². The van der Waals surface area contributed by atoms with E-state index in [4.69, 9.17) is 5.73 Å². The summed E-state index contributed by atoms with van der Waals surface area (Å²) in [7, 11) is 0. The molecule has 1 atom stereocenters. The highest BCUT2D eigenvalue weighted by Gasteiger charge is 2.23. The molecule has 1 heterocycles. The van der Waals surface area contributed by atoms with Crippen LogP contribution in [0.5, 0.6) is 0 Å². The van der Waals surface area contributed by atoms with Crippen LogP contribution in [-0.2, 0) is 6.42 Å². The Labute approximate surface area is 126 Å². The molecular formula is C17H24N4. The second kappa shape index (κ2) is 5.43. The third-order valence-electron chi connectivity index (χ3n) is 4.30. The summed E-state index contributed by atoms with van der Waals surface area (Å²) in [5.41, 5.74) is 10.8. The van der Waals surface area contributed by atoms with Crippen molar-refractivity contribution in [2.24, 2.45) is 0 Å². The molecule has 0 bridgehead atoms. The Morgan fingerprint density at radius 1 is 1.33 bits per heavy atom. The lowest BCUT2D eigenvalue weighted by Crippen LogP contribution is -2.20. The summed E-state index contributed by atoms with van der Waals surface area (Å²) in [6, 6.07) is 9.32. The molecular weight excluding hydrogens is 260 g/mol. The van der Waals surface area contributed by atoms with Gasteiger partial charge in [-0.25, -0.2) is 4.68 Å². The number of nitrogens with two attached hydrogens (primary N) is 1. The molecule has 3 N–H and O–H groups in total. The highest BCUT2D eigenvalue weighted by Crippen LogP contribution is 2.35. The minimum atomic E-state index is 0.294. The van der Waals surface area contributed by atoms with Crippen molar-refractivity contribution in [2.75, 3.05) is 11.1 Å². The van der Waals surface area contributed by atoms with E-state index < -0.39 is 0 Å². The normalized spacial score (nSPS) is 17.8. The van der Waals surface area contributed by atoms with Gasteiger partial charge in [-0.15, -0.1) is 0 Å².